The summed E-state index contributed by atoms with van der Waals surface area (Å²) in [6.07, 6.45) is 6.49. The van der Waals surface area contributed by atoms with E-state index in [4.69, 9.17) is 11.5 Å². The second-order valence-electron chi connectivity index (χ2n) is 14.9. The summed E-state index contributed by atoms with van der Waals surface area (Å²) in [4.78, 5) is 13.1. The van der Waals surface area contributed by atoms with Gasteiger partial charge in [-0.1, -0.05) is 72.8 Å². The first-order valence-corrected chi connectivity index (χ1v) is 20.1. The Morgan fingerprint density at radius 3 is 1.38 bits per heavy atom. The van der Waals surface area contributed by atoms with Crippen LogP contribution in [0.25, 0.3) is 44.5 Å². The Labute approximate surface area is 350 Å². The topological polar surface area (TPSA) is 179 Å². The summed E-state index contributed by atoms with van der Waals surface area (Å²) in [5, 5.41) is 39.7. The molecule has 10 nitrogen and oxygen atoms in total. The molecule has 6 aromatic rings. The molecule has 4 N–H and O–H groups in total. The number of hydrogen-bond acceptors (Lipinski definition) is 10. The number of aromatic nitrogens is 2. The molecule has 0 amide bonds. The smallest absolute Gasteiger partial charge is 0.149 e. The highest BCUT2D eigenvalue weighted by Gasteiger charge is 2.26. The van der Waals surface area contributed by atoms with Crippen molar-refractivity contribution >= 4 is 23.3 Å². The number of nitrogens with zero attached hydrogens (tertiary/aromatic N) is 8. The highest BCUT2D eigenvalue weighted by molar-refractivity contribution is 5.88. The Bertz CT molecular complexity index is 2740. The van der Waals surface area contributed by atoms with Crippen molar-refractivity contribution in [2.75, 3.05) is 47.4 Å². The minimum absolute atomic E-state index is 0.114. The monoisotopic (exact) mass is 790 g/mol. The minimum Gasteiger partial charge on any atom is -0.383 e. The van der Waals surface area contributed by atoms with Gasteiger partial charge in [0.15, 0.2) is 0 Å². The van der Waals surface area contributed by atoms with Crippen LogP contribution in [0.2, 0.25) is 0 Å². The van der Waals surface area contributed by atoms with Crippen LogP contribution in [0.5, 0.6) is 0 Å². The van der Waals surface area contributed by atoms with Crippen LogP contribution >= 0.6 is 0 Å². The van der Waals surface area contributed by atoms with Gasteiger partial charge in [-0.3, -0.25) is 0 Å². The van der Waals surface area contributed by atoms with Crippen molar-refractivity contribution in [2.45, 2.75) is 45.4 Å². The van der Waals surface area contributed by atoms with Gasteiger partial charge in [-0.25, -0.2) is 14.4 Å². The quantitative estimate of drug-likeness (QED) is 0.165. The van der Waals surface area contributed by atoms with Crippen molar-refractivity contribution in [3.05, 3.63) is 131 Å². The van der Waals surface area contributed by atoms with E-state index in [0.717, 1.165) is 80.5 Å². The molecule has 2 saturated heterocycles. The van der Waals surface area contributed by atoms with Crippen molar-refractivity contribution in [1.29, 1.82) is 21.0 Å². The zero-order chi connectivity index (χ0) is 42.2. The molecule has 4 aromatic carbocycles. The fraction of sp³-hybridized carbons (Fsp3) is 0.224. The van der Waals surface area contributed by atoms with Gasteiger partial charge in [-0.2, -0.15) is 21.0 Å². The molecule has 2 aliphatic rings. The standard InChI is InChI=1S/C25H23N5.C24H20FN5/c1-17-8-3-4-11-20(17)18-9-7-10-19(14-18)23-21(15-26)24(28)29-25(22(23)16-27)30-12-5-2-6-13-30;25-19-9-5-7-17(13-19)16-6-4-8-18(12-16)22-20(14-26)23(28)29-24(21(22)15-27)30-10-2-1-3-11-30/h3-4,7-11,14H,2,5-6,12-13H2,1H3,(H2,28,29);4-9,12-13H,1-3,10-11H2,(H2,28,29). The molecule has 0 saturated carbocycles. The number of pyridine rings is 2. The van der Waals surface area contributed by atoms with Crippen molar-refractivity contribution in [1.82, 2.24) is 9.97 Å². The molecule has 4 heterocycles. The average molecular weight is 791 g/mol. The summed E-state index contributed by atoms with van der Waals surface area (Å²) in [7, 11) is 0. The Morgan fingerprint density at radius 2 is 0.917 bits per heavy atom. The molecule has 0 aliphatic carbocycles. The maximum Gasteiger partial charge on any atom is 0.149 e. The third-order valence-corrected chi connectivity index (χ3v) is 11.1. The van der Waals surface area contributed by atoms with E-state index in [9.17, 15) is 25.4 Å². The Balaban J connectivity index is 0.000000181. The van der Waals surface area contributed by atoms with E-state index < -0.39 is 0 Å². The van der Waals surface area contributed by atoms with Crippen molar-refractivity contribution in [3.8, 4) is 68.8 Å². The van der Waals surface area contributed by atoms with Crippen LogP contribution in [-0.2, 0) is 0 Å². The van der Waals surface area contributed by atoms with Gasteiger partial charge in [0, 0.05) is 37.3 Å². The van der Waals surface area contributed by atoms with E-state index in [1.165, 1.54) is 24.1 Å². The van der Waals surface area contributed by atoms with Crippen LogP contribution in [0, 0.1) is 58.1 Å². The molecule has 0 spiro atoms. The number of aryl methyl sites for hydroxylation is 1. The number of halogens is 1. The van der Waals surface area contributed by atoms with E-state index in [2.05, 4.69) is 63.1 Å². The van der Waals surface area contributed by atoms with E-state index in [-0.39, 0.29) is 28.6 Å². The van der Waals surface area contributed by atoms with Gasteiger partial charge < -0.3 is 21.3 Å². The van der Waals surface area contributed by atoms with Crippen LogP contribution in [-0.4, -0.2) is 36.1 Å². The first kappa shape index (κ1) is 40.5. The number of piperidine rings is 2. The third kappa shape index (κ3) is 8.30. The molecule has 0 atom stereocenters. The lowest BCUT2D eigenvalue weighted by molar-refractivity contribution is 0.573. The molecular formula is C49H43FN10. The van der Waals surface area contributed by atoms with Crippen LogP contribution < -0.4 is 21.3 Å². The van der Waals surface area contributed by atoms with Crippen LogP contribution in [0.15, 0.2) is 97.1 Å². The molecule has 60 heavy (non-hydrogen) atoms. The summed E-state index contributed by atoms with van der Waals surface area (Å²) in [5.41, 5.74) is 20.9. The number of rotatable bonds is 6. The number of anilines is 4. The van der Waals surface area contributed by atoms with Crippen LogP contribution in [0.3, 0.4) is 0 Å². The number of hydrogen-bond donors (Lipinski definition) is 2. The second kappa shape index (κ2) is 18.2. The lowest BCUT2D eigenvalue weighted by Gasteiger charge is -2.29. The van der Waals surface area contributed by atoms with E-state index in [1.807, 2.05) is 66.7 Å². The second-order valence-corrected chi connectivity index (χ2v) is 14.9. The van der Waals surface area contributed by atoms with Gasteiger partial charge in [0.2, 0.25) is 0 Å². The zero-order valence-corrected chi connectivity index (χ0v) is 33.4. The van der Waals surface area contributed by atoms with Gasteiger partial charge in [0.25, 0.3) is 0 Å². The summed E-state index contributed by atoms with van der Waals surface area (Å²) in [5.74, 6) is 1.08. The molecule has 2 aliphatic heterocycles. The SMILES string of the molecule is Cc1ccccc1-c1cccc(-c2c(C#N)c(N)nc(N3CCCCC3)c2C#N)c1.N#Cc1c(N)nc(N2CCCCC2)c(C#N)c1-c1cccc(-c2cccc(F)c2)c1. The van der Waals surface area contributed by atoms with Gasteiger partial charge in [0.05, 0.1) is 0 Å². The van der Waals surface area contributed by atoms with Gasteiger partial charge in [-0.05, 0) is 109 Å². The Hall–Kier alpha value is -7.73. The zero-order valence-electron chi connectivity index (χ0n) is 33.4. The van der Waals surface area contributed by atoms with Gasteiger partial charge in [-0.15, -0.1) is 0 Å². The Morgan fingerprint density at radius 1 is 0.500 bits per heavy atom. The normalized spacial score (nSPS) is 13.5. The van der Waals surface area contributed by atoms with Crippen LogP contribution in [0.4, 0.5) is 27.7 Å². The summed E-state index contributed by atoms with van der Waals surface area (Å²) >= 11 is 0. The molecular weight excluding hydrogens is 748 g/mol. The lowest BCUT2D eigenvalue weighted by atomic mass is 9.92. The van der Waals surface area contributed by atoms with Gasteiger partial charge >= 0.3 is 0 Å². The fourth-order valence-electron chi connectivity index (χ4n) is 8.13. The number of nitrogen functional groups attached to an aromatic ring is 2. The molecule has 8 rings (SSSR count). The molecule has 296 valence electrons. The highest BCUT2D eigenvalue weighted by atomic mass is 19.1. The first-order valence-electron chi connectivity index (χ1n) is 20.1. The summed E-state index contributed by atoms with van der Waals surface area (Å²) < 4.78 is 13.7. The molecule has 2 fully saturated rings. The van der Waals surface area contributed by atoms with Gasteiger partial charge in [0.1, 0.15) is 75.6 Å². The number of benzene rings is 4. The number of nitriles is 4. The fourth-order valence-corrected chi connectivity index (χ4v) is 8.13. The molecule has 0 radical (unpaired) electrons. The molecule has 2 aromatic heterocycles. The lowest BCUT2D eigenvalue weighted by Crippen LogP contribution is -2.31. The molecule has 0 bridgehead atoms. The van der Waals surface area contributed by atoms with E-state index in [0.29, 0.717) is 45.0 Å². The summed E-state index contributed by atoms with van der Waals surface area (Å²) in [6.45, 7) is 5.36. The minimum atomic E-state index is -0.325. The average Bonchev–Trinajstić information content (AvgIpc) is 3.29. The maximum absolute atomic E-state index is 13.7. The van der Waals surface area contributed by atoms with E-state index in [1.54, 1.807) is 6.07 Å². The maximum atomic E-state index is 13.7. The van der Waals surface area contributed by atoms with Crippen molar-refractivity contribution < 1.29 is 4.39 Å². The third-order valence-electron chi connectivity index (χ3n) is 11.1. The molecule has 11 heteroatoms. The Kier molecular flexibility index (Phi) is 12.3. The highest BCUT2D eigenvalue weighted by Crippen LogP contribution is 2.40. The predicted molar refractivity (Wildman–Crippen MR) is 235 cm³/mol. The van der Waals surface area contributed by atoms with Crippen molar-refractivity contribution in [2.24, 2.45) is 0 Å². The first-order chi connectivity index (χ1) is 29.3. The predicted octanol–water partition coefficient (Wildman–Crippen LogP) is 9.91. The largest absolute Gasteiger partial charge is 0.383 e. The number of nitrogens with two attached hydrogens (primary N) is 2. The van der Waals surface area contributed by atoms with E-state index >= 15 is 0 Å². The van der Waals surface area contributed by atoms with Crippen molar-refractivity contribution in [3.63, 3.8) is 0 Å². The molecule has 0 unspecified atom stereocenters. The van der Waals surface area contributed by atoms with Crippen LogP contribution in [0.1, 0.15) is 66.3 Å². The summed E-state index contributed by atoms with van der Waals surface area (Å²) in [6, 6.07) is 38.7.